The van der Waals surface area contributed by atoms with Crippen LogP contribution in [0.3, 0.4) is 0 Å². The van der Waals surface area contributed by atoms with Crippen LogP contribution in [0.25, 0.3) is 10.9 Å². The second-order valence-electron chi connectivity index (χ2n) is 3.00. The monoisotopic (exact) mass is 203 g/mol. The molecule has 0 fully saturated rings. The first-order valence-electron chi connectivity index (χ1n) is 4.35. The zero-order valence-electron chi connectivity index (χ0n) is 8.39. The summed E-state index contributed by atoms with van der Waals surface area (Å²) in [4.78, 5) is 13.8. The molecule has 2 rings (SSSR count). The molecule has 0 saturated heterocycles. The molecule has 0 saturated carbocycles. The molecule has 0 unspecified atom stereocenters. The topological polar surface area (TPSA) is 56.5 Å². The summed E-state index contributed by atoms with van der Waals surface area (Å²) >= 11 is 0. The number of nitrogens with zero attached hydrogens (tertiary/aromatic N) is 3. The van der Waals surface area contributed by atoms with Gasteiger partial charge < -0.3 is 4.74 Å². The number of benzene rings is 1. The fraction of sp³-hybridized carbons (Fsp3) is 0.200. The Bertz CT molecular complexity index is 553. The number of aryl methyl sites for hydroxylation is 1. The molecule has 0 bridgehead atoms. The minimum atomic E-state index is 0.333. The van der Waals surface area contributed by atoms with Crippen LogP contribution in [-0.2, 0) is 11.8 Å². The Morgan fingerprint density at radius 3 is 3.00 bits per heavy atom. The maximum atomic E-state index is 10.2. The van der Waals surface area contributed by atoms with Crippen molar-refractivity contribution in [1.82, 2.24) is 9.78 Å². The van der Waals surface area contributed by atoms with Gasteiger partial charge in [-0.1, -0.05) is 6.07 Å². The third-order valence-electron chi connectivity index (χ3n) is 2.19. The summed E-state index contributed by atoms with van der Waals surface area (Å²) in [5.74, 6) is 0.981. The van der Waals surface area contributed by atoms with Crippen molar-refractivity contribution >= 4 is 22.8 Å². The fourth-order valence-corrected chi connectivity index (χ4v) is 1.55. The Morgan fingerprint density at radius 2 is 2.33 bits per heavy atom. The van der Waals surface area contributed by atoms with Crippen molar-refractivity contribution in [2.45, 2.75) is 0 Å². The fourth-order valence-electron chi connectivity index (χ4n) is 1.55. The van der Waals surface area contributed by atoms with Crippen molar-refractivity contribution in [3.8, 4) is 5.75 Å². The summed E-state index contributed by atoms with van der Waals surface area (Å²) in [7, 11) is 3.35. The number of rotatable bonds is 2. The highest BCUT2D eigenvalue weighted by Crippen LogP contribution is 2.32. The van der Waals surface area contributed by atoms with Gasteiger partial charge in [-0.25, -0.2) is 4.79 Å². The van der Waals surface area contributed by atoms with E-state index in [1.807, 2.05) is 12.1 Å². The lowest BCUT2D eigenvalue weighted by Gasteiger charge is -2.00. The van der Waals surface area contributed by atoms with Gasteiger partial charge in [0.1, 0.15) is 5.75 Å². The molecule has 76 valence electrons. The van der Waals surface area contributed by atoms with Gasteiger partial charge in [-0.3, -0.25) is 4.68 Å². The smallest absolute Gasteiger partial charge is 0.242 e. The van der Waals surface area contributed by atoms with Crippen LogP contribution in [0.4, 0.5) is 5.82 Å². The first-order valence-corrected chi connectivity index (χ1v) is 4.35. The number of aromatic nitrogens is 2. The zero-order valence-corrected chi connectivity index (χ0v) is 8.39. The van der Waals surface area contributed by atoms with E-state index in [0.29, 0.717) is 11.6 Å². The molecule has 5 heteroatoms. The molecule has 0 atom stereocenters. The van der Waals surface area contributed by atoms with Crippen molar-refractivity contribution in [1.29, 1.82) is 0 Å². The standard InChI is InChI=1S/C10H9N3O2/c1-13-7-4-3-5-8(15-2)9(7)10(12-13)11-6-14/h3-5H,1-2H3. The average Bonchev–Trinajstić information content (AvgIpc) is 2.57. The lowest BCUT2D eigenvalue weighted by Crippen LogP contribution is -1.88. The molecule has 0 aliphatic rings. The van der Waals surface area contributed by atoms with Gasteiger partial charge in [0.05, 0.1) is 18.0 Å². The molecule has 1 heterocycles. The molecule has 2 aromatic rings. The van der Waals surface area contributed by atoms with Crippen LogP contribution in [0.1, 0.15) is 0 Å². The number of aliphatic imine (C=N–C) groups is 1. The van der Waals surface area contributed by atoms with Crippen molar-refractivity contribution < 1.29 is 9.53 Å². The number of hydrogen-bond donors (Lipinski definition) is 0. The lowest BCUT2D eigenvalue weighted by molar-refractivity contribution is 0.420. The van der Waals surface area contributed by atoms with Gasteiger partial charge in [-0.2, -0.15) is 5.10 Å². The van der Waals surface area contributed by atoms with Gasteiger partial charge >= 0.3 is 0 Å². The maximum Gasteiger partial charge on any atom is 0.242 e. The number of carbonyl (C=O) groups excluding carboxylic acids is 1. The van der Waals surface area contributed by atoms with Crippen LogP contribution >= 0.6 is 0 Å². The summed E-state index contributed by atoms with van der Waals surface area (Å²) in [5.41, 5.74) is 0.864. The third kappa shape index (κ3) is 1.39. The van der Waals surface area contributed by atoms with Crippen molar-refractivity contribution in [3.63, 3.8) is 0 Å². The maximum absolute atomic E-state index is 10.2. The van der Waals surface area contributed by atoms with Gasteiger partial charge in [0.25, 0.3) is 0 Å². The van der Waals surface area contributed by atoms with Gasteiger partial charge in [0.2, 0.25) is 6.08 Å². The van der Waals surface area contributed by atoms with E-state index in [-0.39, 0.29) is 0 Å². The highest BCUT2D eigenvalue weighted by atomic mass is 16.5. The Kier molecular flexibility index (Phi) is 2.23. The summed E-state index contributed by atoms with van der Waals surface area (Å²) < 4.78 is 6.83. The van der Waals surface area contributed by atoms with E-state index in [9.17, 15) is 4.79 Å². The quantitative estimate of drug-likeness (QED) is 0.549. The zero-order chi connectivity index (χ0) is 10.8. The highest BCUT2D eigenvalue weighted by molar-refractivity contribution is 5.95. The second-order valence-corrected chi connectivity index (χ2v) is 3.00. The van der Waals surface area contributed by atoms with Gasteiger partial charge in [-0.05, 0) is 12.1 Å². The summed E-state index contributed by atoms with van der Waals surface area (Å²) in [6, 6.07) is 5.54. The number of fused-ring (bicyclic) bond motifs is 1. The van der Waals surface area contributed by atoms with E-state index >= 15 is 0 Å². The van der Waals surface area contributed by atoms with E-state index in [2.05, 4.69) is 10.1 Å². The van der Waals surface area contributed by atoms with Crippen LogP contribution in [0, 0.1) is 0 Å². The van der Waals surface area contributed by atoms with E-state index in [1.165, 1.54) is 6.08 Å². The van der Waals surface area contributed by atoms with Crippen LogP contribution in [-0.4, -0.2) is 23.0 Å². The van der Waals surface area contributed by atoms with E-state index in [0.717, 1.165) is 10.9 Å². The van der Waals surface area contributed by atoms with Crippen LogP contribution in [0.15, 0.2) is 23.2 Å². The summed E-state index contributed by atoms with van der Waals surface area (Å²) in [6.45, 7) is 0. The van der Waals surface area contributed by atoms with Gasteiger partial charge in [0, 0.05) is 7.05 Å². The van der Waals surface area contributed by atoms with Crippen molar-refractivity contribution in [3.05, 3.63) is 18.2 Å². The largest absolute Gasteiger partial charge is 0.496 e. The third-order valence-corrected chi connectivity index (χ3v) is 2.19. The Morgan fingerprint density at radius 1 is 1.53 bits per heavy atom. The number of methoxy groups -OCH3 is 1. The molecule has 0 spiro atoms. The van der Waals surface area contributed by atoms with Gasteiger partial charge in [0.15, 0.2) is 5.82 Å². The van der Waals surface area contributed by atoms with Crippen LogP contribution in [0.5, 0.6) is 5.75 Å². The molecule has 0 amide bonds. The van der Waals surface area contributed by atoms with E-state index < -0.39 is 0 Å². The Labute approximate surface area is 86.0 Å². The molecule has 5 nitrogen and oxygen atoms in total. The average molecular weight is 203 g/mol. The Hall–Kier alpha value is -2.13. The minimum absolute atomic E-state index is 0.333. The number of isocyanates is 1. The normalized spacial score (nSPS) is 10.0. The molecule has 0 aliphatic carbocycles. The molecule has 0 radical (unpaired) electrons. The van der Waals surface area contributed by atoms with E-state index in [4.69, 9.17) is 4.74 Å². The minimum Gasteiger partial charge on any atom is -0.496 e. The predicted octanol–water partition coefficient (Wildman–Crippen LogP) is 1.55. The molecule has 1 aromatic carbocycles. The molecule has 0 aliphatic heterocycles. The second kappa shape index (κ2) is 3.55. The van der Waals surface area contributed by atoms with E-state index in [1.54, 1.807) is 24.9 Å². The van der Waals surface area contributed by atoms with Gasteiger partial charge in [-0.15, -0.1) is 4.99 Å². The number of ether oxygens (including phenoxy) is 1. The van der Waals surface area contributed by atoms with Crippen molar-refractivity contribution in [2.24, 2.45) is 12.0 Å². The van der Waals surface area contributed by atoms with Crippen LogP contribution in [0.2, 0.25) is 0 Å². The summed E-state index contributed by atoms with van der Waals surface area (Å²) in [6.07, 6.45) is 1.48. The molecule has 1 aromatic heterocycles. The molecular formula is C10H9N3O2. The highest BCUT2D eigenvalue weighted by Gasteiger charge is 2.12. The molecule has 15 heavy (non-hydrogen) atoms. The SMILES string of the molecule is COc1cccc2c1c(N=C=O)nn2C. The Balaban J connectivity index is 2.87. The lowest BCUT2D eigenvalue weighted by atomic mass is 10.2. The molecule has 0 N–H and O–H groups in total. The molecular weight excluding hydrogens is 194 g/mol. The predicted molar refractivity (Wildman–Crippen MR) is 55.0 cm³/mol. The van der Waals surface area contributed by atoms with Crippen LogP contribution < -0.4 is 4.74 Å². The number of hydrogen-bond acceptors (Lipinski definition) is 4. The summed E-state index contributed by atoms with van der Waals surface area (Å²) in [5, 5.41) is 4.82. The first kappa shape index (κ1) is 9.43. The van der Waals surface area contributed by atoms with Crippen molar-refractivity contribution in [2.75, 3.05) is 7.11 Å². The first-order chi connectivity index (χ1) is 7.27.